The fourth-order valence-electron chi connectivity index (χ4n) is 0.899. The van der Waals surface area contributed by atoms with E-state index in [1.165, 1.54) is 0 Å². The fraction of sp³-hybridized carbons (Fsp3) is 0.200. The maximum Gasteiger partial charge on any atom is 0.211 e. The number of ether oxygens (including phenoxy) is 2. The van der Waals surface area contributed by atoms with Crippen LogP contribution in [-0.4, -0.2) is 6.10 Å². The topological polar surface area (TPSA) is 25.1 Å². The highest BCUT2D eigenvalue weighted by atomic mass is 16.6. The molecule has 0 N–H and O–H groups in total. The quantitative estimate of drug-likeness (QED) is 0.409. The van der Waals surface area contributed by atoms with E-state index in [0.29, 0.717) is 6.10 Å². The molecule has 2 aliphatic heterocycles. The molecule has 0 aromatic heterocycles. The van der Waals surface area contributed by atoms with Gasteiger partial charge < -0.3 is 9.47 Å². The minimum absolute atomic E-state index is 0.332. The molecule has 34 valence electrons. The van der Waals surface area contributed by atoms with E-state index in [4.69, 9.17) is 9.47 Å². The monoisotopic (exact) mass is 94.0 g/mol. The molecular weight excluding hydrogens is 92.1 g/mol. The van der Waals surface area contributed by atoms with E-state index in [0.717, 1.165) is 17.3 Å². The molecule has 2 heteroatoms. The first-order valence-electron chi connectivity index (χ1n) is 2.26. The van der Waals surface area contributed by atoms with Crippen LogP contribution in [0, 0.1) is 0 Å². The van der Waals surface area contributed by atoms with Crippen LogP contribution in [0.15, 0.2) is 23.4 Å². The van der Waals surface area contributed by atoms with Crippen LogP contribution < -0.4 is 0 Å². The van der Waals surface area contributed by atoms with E-state index in [1.807, 2.05) is 6.08 Å². The molecular formula is C5H2O2. The molecule has 3 rings (SSSR count). The van der Waals surface area contributed by atoms with Gasteiger partial charge in [0.15, 0.2) is 17.6 Å². The van der Waals surface area contributed by atoms with Gasteiger partial charge in [-0.3, -0.25) is 0 Å². The van der Waals surface area contributed by atoms with E-state index in [2.05, 4.69) is 0 Å². The number of hydrogen-bond acceptors (Lipinski definition) is 2. The molecule has 0 radical (unpaired) electrons. The predicted octanol–water partition coefficient (Wildman–Crippen LogP) is 0.524. The Morgan fingerprint density at radius 3 is 3.00 bits per heavy atom. The summed E-state index contributed by atoms with van der Waals surface area (Å²) in [6.07, 6.45) is 2.32. The summed E-state index contributed by atoms with van der Waals surface area (Å²) < 4.78 is 9.91. The Bertz CT molecular complexity index is 212. The number of fused-ring (bicyclic) bond motifs is 2. The van der Waals surface area contributed by atoms with Gasteiger partial charge in [-0.05, 0) is 0 Å². The van der Waals surface area contributed by atoms with Gasteiger partial charge in [-0.15, -0.1) is 0 Å². The van der Waals surface area contributed by atoms with E-state index >= 15 is 0 Å². The molecule has 7 heavy (non-hydrogen) atoms. The fourth-order valence-corrected chi connectivity index (χ4v) is 0.899. The summed E-state index contributed by atoms with van der Waals surface area (Å²) in [5, 5.41) is 0. The molecule has 3 aliphatic rings. The summed E-state index contributed by atoms with van der Waals surface area (Å²) in [7, 11) is 0. The van der Waals surface area contributed by atoms with Crippen molar-refractivity contribution in [1.82, 2.24) is 0 Å². The molecule has 0 saturated carbocycles. The van der Waals surface area contributed by atoms with Gasteiger partial charge in [-0.25, -0.2) is 0 Å². The zero-order valence-corrected chi connectivity index (χ0v) is 3.47. The second-order valence-electron chi connectivity index (χ2n) is 1.86. The third kappa shape index (κ3) is 0.132. The van der Waals surface area contributed by atoms with Crippen molar-refractivity contribution >= 4 is 0 Å². The first-order valence-corrected chi connectivity index (χ1v) is 2.26. The highest BCUT2D eigenvalue weighted by molar-refractivity contribution is 5.52. The van der Waals surface area contributed by atoms with E-state index in [-0.39, 0.29) is 0 Å². The van der Waals surface area contributed by atoms with E-state index < -0.39 is 0 Å². The standard InChI is InChI=1S/C5H2O2/c1-2-4(6-2)5-3(1)7-5/h1-2H. The molecule has 0 amide bonds. The SMILES string of the molecule is C1=C2OC2=C2OC12. The number of hydrogen-bond donors (Lipinski definition) is 0. The molecule has 1 unspecified atom stereocenters. The van der Waals surface area contributed by atoms with Gasteiger partial charge in [0.25, 0.3) is 0 Å². The zero-order chi connectivity index (χ0) is 4.43. The first kappa shape index (κ1) is 2.40. The summed E-state index contributed by atoms with van der Waals surface area (Å²) in [6, 6.07) is 0. The van der Waals surface area contributed by atoms with E-state index in [1.54, 1.807) is 0 Å². The lowest BCUT2D eigenvalue weighted by Crippen LogP contribution is -1.67. The number of epoxide rings is 2. The van der Waals surface area contributed by atoms with Crippen LogP contribution in [0.2, 0.25) is 0 Å². The lowest BCUT2D eigenvalue weighted by atomic mass is 10.5. The largest absolute Gasteiger partial charge is 0.474 e. The highest BCUT2D eigenvalue weighted by Crippen LogP contribution is 2.51. The van der Waals surface area contributed by atoms with Crippen LogP contribution >= 0.6 is 0 Å². The van der Waals surface area contributed by atoms with Crippen LogP contribution in [0.5, 0.6) is 0 Å². The predicted molar refractivity (Wildman–Crippen MR) is 21.1 cm³/mol. The van der Waals surface area contributed by atoms with Crippen LogP contribution in [0.1, 0.15) is 0 Å². The van der Waals surface area contributed by atoms with Crippen molar-refractivity contribution in [2.45, 2.75) is 6.10 Å². The van der Waals surface area contributed by atoms with Crippen molar-refractivity contribution in [3.63, 3.8) is 0 Å². The second-order valence-corrected chi connectivity index (χ2v) is 1.86. The normalized spacial score (nSPS) is 37.7. The van der Waals surface area contributed by atoms with Gasteiger partial charge in [-0.2, -0.15) is 0 Å². The molecule has 2 nitrogen and oxygen atoms in total. The minimum Gasteiger partial charge on any atom is -0.474 e. The molecule has 0 spiro atoms. The first-order chi connectivity index (χ1) is 3.45. The maximum absolute atomic E-state index is 4.98. The molecule has 1 atom stereocenters. The average Bonchev–Trinajstić information content (AvgIpc) is 2.47. The smallest absolute Gasteiger partial charge is 0.211 e. The number of rotatable bonds is 0. The van der Waals surface area contributed by atoms with Gasteiger partial charge in [0, 0.05) is 6.08 Å². The lowest BCUT2D eigenvalue weighted by molar-refractivity contribution is 0.462. The Morgan fingerprint density at radius 2 is 2.57 bits per heavy atom. The average molecular weight is 94.1 g/mol. The molecule has 1 aliphatic carbocycles. The molecule has 0 bridgehead atoms. The Labute approximate surface area is 40.0 Å². The van der Waals surface area contributed by atoms with Crippen molar-refractivity contribution in [3.05, 3.63) is 23.4 Å². The third-order valence-corrected chi connectivity index (χ3v) is 1.38. The Hall–Kier alpha value is -0.920. The lowest BCUT2D eigenvalue weighted by Gasteiger charge is -1.62. The van der Waals surface area contributed by atoms with Gasteiger partial charge in [0.2, 0.25) is 5.76 Å². The minimum atomic E-state index is 0.332. The molecule has 0 aromatic rings. The van der Waals surface area contributed by atoms with Crippen molar-refractivity contribution in [2.24, 2.45) is 0 Å². The summed E-state index contributed by atoms with van der Waals surface area (Å²) in [4.78, 5) is 0. The van der Waals surface area contributed by atoms with Gasteiger partial charge in [0.05, 0.1) is 0 Å². The van der Waals surface area contributed by atoms with Crippen LogP contribution in [0.4, 0.5) is 0 Å². The highest BCUT2D eigenvalue weighted by Gasteiger charge is 2.51. The summed E-state index contributed by atoms with van der Waals surface area (Å²) in [6.45, 7) is 0. The van der Waals surface area contributed by atoms with Crippen LogP contribution in [-0.2, 0) is 9.47 Å². The second kappa shape index (κ2) is 0.427. The maximum atomic E-state index is 4.98. The molecule has 2 saturated heterocycles. The van der Waals surface area contributed by atoms with E-state index in [9.17, 15) is 0 Å². The molecule has 2 heterocycles. The van der Waals surface area contributed by atoms with Gasteiger partial charge >= 0.3 is 0 Å². The van der Waals surface area contributed by atoms with Crippen molar-refractivity contribution in [3.8, 4) is 0 Å². The summed E-state index contributed by atoms with van der Waals surface area (Å²) in [5.74, 6) is 3.10. The van der Waals surface area contributed by atoms with Gasteiger partial charge in [-0.1, -0.05) is 0 Å². The van der Waals surface area contributed by atoms with Crippen molar-refractivity contribution in [2.75, 3.05) is 0 Å². The summed E-state index contributed by atoms with van der Waals surface area (Å²) in [5.41, 5.74) is 0. The Morgan fingerprint density at radius 1 is 1.57 bits per heavy atom. The van der Waals surface area contributed by atoms with Crippen LogP contribution in [0.25, 0.3) is 0 Å². The third-order valence-electron chi connectivity index (χ3n) is 1.38. The summed E-state index contributed by atoms with van der Waals surface area (Å²) >= 11 is 0. The van der Waals surface area contributed by atoms with Crippen LogP contribution in [0.3, 0.4) is 0 Å². The Balaban J connectivity index is 2.44. The van der Waals surface area contributed by atoms with Crippen molar-refractivity contribution in [1.29, 1.82) is 0 Å². The van der Waals surface area contributed by atoms with Crippen molar-refractivity contribution < 1.29 is 9.47 Å². The molecule has 2 fully saturated rings. The molecule has 0 aromatic carbocycles. The zero-order valence-electron chi connectivity index (χ0n) is 3.47. The Kier molecular flexibility index (Phi) is 0.146. The van der Waals surface area contributed by atoms with Gasteiger partial charge in [0.1, 0.15) is 0 Å².